The molecule has 0 radical (unpaired) electrons. The van der Waals surface area contributed by atoms with E-state index in [9.17, 15) is 12.8 Å². The maximum Gasteiger partial charge on any atom is 0.149 e. The van der Waals surface area contributed by atoms with Crippen molar-refractivity contribution < 1.29 is 12.8 Å². The minimum atomic E-state index is -3.13. The van der Waals surface area contributed by atoms with Crippen LogP contribution in [0.15, 0.2) is 36.4 Å². The second kappa shape index (κ2) is 5.89. The fraction of sp³-hybridized carbons (Fsp3) is 0.333. The zero-order chi connectivity index (χ0) is 14.8. The molecule has 0 aliphatic heterocycles. The van der Waals surface area contributed by atoms with Gasteiger partial charge in [0.15, 0.2) is 0 Å². The van der Waals surface area contributed by atoms with E-state index < -0.39 is 9.84 Å². The predicted molar refractivity (Wildman–Crippen MR) is 80.0 cm³/mol. The third kappa shape index (κ3) is 3.35. The minimum absolute atomic E-state index is 0.00351. The number of halogens is 1. The number of nitrogens with one attached hydrogen (secondary N) is 1. The van der Waals surface area contributed by atoms with Crippen molar-refractivity contribution in [3.8, 4) is 0 Å². The second-order valence-corrected chi connectivity index (χ2v) is 7.07. The number of benzene rings is 2. The third-order valence-electron chi connectivity index (χ3n) is 3.20. The highest BCUT2D eigenvalue weighted by Crippen LogP contribution is 2.27. The van der Waals surface area contributed by atoms with Crippen molar-refractivity contribution in [3.63, 3.8) is 0 Å². The summed E-state index contributed by atoms with van der Waals surface area (Å²) < 4.78 is 37.0. The molecule has 0 saturated heterocycles. The predicted octanol–water partition coefficient (Wildman–Crippen LogP) is 2.67. The van der Waals surface area contributed by atoms with Crippen molar-refractivity contribution in [1.82, 2.24) is 5.32 Å². The van der Waals surface area contributed by atoms with Gasteiger partial charge < -0.3 is 5.32 Å². The molecule has 0 saturated carbocycles. The zero-order valence-electron chi connectivity index (χ0n) is 11.6. The molecule has 0 aliphatic carbocycles. The quantitative estimate of drug-likeness (QED) is 0.922. The highest BCUT2D eigenvalue weighted by Gasteiger charge is 2.19. The molecule has 20 heavy (non-hydrogen) atoms. The lowest BCUT2D eigenvalue weighted by Crippen LogP contribution is -2.27. The molecule has 5 heteroatoms. The van der Waals surface area contributed by atoms with E-state index in [0.29, 0.717) is 11.9 Å². The summed E-state index contributed by atoms with van der Waals surface area (Å²) in [5.74, 6) is -0.296. The van der Waals surface area contributed by atoms with Gasteiger partial charge in [0, 0.05) is 17.7 Å². The van der Waals surface area contributed by atoms with E-state index in [2.05, 4.69) is 5.32 Å². The van der Waals surface area contributed by atoms with E-state index >= 15 is 0 Å². The van der Waals surface area contributed by atoms with Crippen LogP contribution in [0, 0.1) is 5.82 Å². The third-order valence-corrected chi connectivity index (χ3v) is 4.14. The number of hydrogen-bond donors (Lipinski definition) is 1. The molecule has 0 amide bonds. The largest absolute Gasteiger partial charge is 0.309 e. The summed E-state index contributed by atoms with van der Waals surface area (Å²) >= 11 is 0. The number of fused-ring (bicyclic) bond motifs is 1. The zero-order valence-corrected chi connectivity index (χ0v) is 12.4. The minimum Gasteiger partial charge on any atom is -0.309 e. The molecule has 1 atom stereocenters. The van der Waals surface area contributed by atoms with E-state index in [1.54, 1.807) is 18.2 Å². The van der Waals surface area contributed by atoms with Gasteiger partial charge in [0.2, 0.25) is 0 Å². The number of hydrogen-bond acceptors (Lipinski definition) is 3. The Morgan fingerprint density at radius 1 is 1.15 bits per heavy atom. The fourth-order valence-corrected chi connectivity index (χ4v) is 3.30. The van der Waals surface area contributed by atoms with E-state index in [0.717, 1.165) is 10.9 Å². The molecule has 1 N–H and O–H groups in total. The maximum absolute atomic E-state index is 13.8. The van der Waals surface area contributed by atoms with Crippen LogP contribution in [0.3, 0.4) is 0 Å². The number of rotatable bonds is 5. The standard InChI is InChI=1S/C15H18FNO2S/c1-3-17-15(10-20(2,18)19)13-8-9-14(16)12-7-5-4-6-11(12)13/h4-9,15,17H,3,10H2,1-2H3. The van der Waals surface area contributed by atoms with E-state index in [4.69, 9.17) is 0 Å². The lowest BCUT2D eigenvalue weighted by Gasteiger charge is -2.19. The molecule has 1 unspecified atom stereocenters. The summed E-state index contributed by atoms with van der Waals surface area (Å²) in [5.41, 5.74) is 0.814. The van der Waals surface area contributed by atoms with Gasteiger partial charge in [0.05, 0.1) is 5.75 Å². The topological polar surface area (TPSA) is 46.2 Å². The van der Waals surface area contributed by atoms with Gasteiger partial charge in [-0.2, -0.15) is 0 Å². The molecule has 0 aromatic heterocycles. The normalized spacial score (nSPS) is 13.6. The Balaban J connectivity index is 2.56. The Labute approximate surface area is 118 Å². The van der Waals surface area contributed by atoms with Gasteiger partial charge in [-0.15, -0.1) is 0 Å². The van der Waals surface area contributed by atoms with Crippen molar-refractivity contribution in [1.29, 1.82) is 0 Å². The van der Waals surface area contributed by atoms with Crippen LogP contribution in [0.2, 0.25) is 0 Å². The second-order valence-electron chi connectivity index (χ2n) is 4.88. The maximum atomic E-state index is 13.8. The van der Waals surface area contributed by atoms with Crippen LogP contribution in [0.25, 0.3) is 10.8 Å². The van der Waals surface area contributed by atoms with Crippen molar-refractivity contribution in [2.24, 2.45) is 0 Å². The van der Waals surface area contributed by atoms with Crippen molar-refractivity contribution >= 4 is 20.6 Å². The summed E-state index contributed by atoms with van der Waals surface area (Å²) in [6, 6.07) is 9.85. The van der Waals surface area contributed by atoms with Gasteiger partial charge in [-0.25, -0.2) is 12.8 Å². The molecule has 0 bridgehead atoms. The Morgan fingerprint density at radius 3 is 2.40 bits per heavy atom. The Kier molecular flexibility index (Phi) is 4.40. The molecular formula is C15H18FNO2S. The van der Waals surface area contributed by atoms with E-state index in [-0.39, 0.29) is 17.6 Å². The van der Waals surface area contributed by atoms with Gasteiger partial charge in [0.1, 0.15) is 15.7 Å². The summed E-state index contributed by atoms with van der Waals surface area (Å²) in [5, 5.41) is 4.43. The molecule has 0 spiro atoms. The van der Waals surface area contributed by atoms with Crippen LogP contribution in [-0.4, -0.2) is 27.0 Å². The summed E-state index contributed by atoms with van der Waals surface area (Å²) in [6.45, 7) is 2.56. The lowest BCUT2D eigenvalue weighted by atomic mass is 9.99. The highest BCUT2D eigenvalue weighted by molar-refractivity contribution is 7.90. The van der Waals surface area contributed by atoms with Crippen LogP contribution < -0.4 is 5.32 Å². The average Bonchev–Trinajstić information content (AvgIpc) is 2.37. The van der Waals surface area contributed by atoms with Gasteiger partial charge in [-0.1, -0.05) is 37.3 Å². The molecule has 0 aliphatic rings. The first-order valence-electron chi connectivity index (χ1n) is 6.50. The highest BCUT2D eigenvalue weighted by atomic mass is 32.2. The molecule has 2 aromatic carbocycles. The Morgan fingerprint density at radius 2 is 1.80 bits per heavy atom. The molecule has 0 heterocycles. The first kappa shape index (κ1) is 14.9. The first-order valence-corrected chi connectivity index (χ1v) is 8.56. The van der Waals surface area contributed by atoms with Crippen LogP contribution in [-0.2, 0) is 9.84 Å². The molecule has 2 rings (SSSR count). The monoisotopic (exact) mass is 295 g/mol. The number of sulfone groups is 1. The first-order chi connectivity index (χ1) is 9.42. The molecule has 2 aromatic rings. The molecular weight excluding hydrogens is 277 g/mol. The summed E-state index contributed by atoms with van der Waals surface area (Å²) in [7, 11) is -3.13. The molecule has 0 fully saturated rings. The SMILES string of the molecule is CCNC(CS(C)(=O)=O)c1ccc(F)c2ccccc12. The average molecular weight is 295 g/mol. The van der Waals surface area contributed by atoms with Crippen LogP contribution in [0.4, 0.5) is 4.39 Å². The van der Waals surface area contributed by atoms with Crippen LogP contribution >= 0.6 is 0 Å². The summed E-state index contributed by atoms with van der Waals surface area (Å²) in [4.78, 5) is 0. The van der Waals surface area contributed by atoms with E-state index in [1.165, 1.54) is 12.3 Å². The molecule has 3 nitrogen and oxygen atoms in total. The van der Waals surface area contributed by atoms with Crippen molar-refractivity contribution in [2.45, 2.75) is 13.0 Å². The molecule has 108 valence electrons. The van der Waals surface area contributed by atoms with Crippen LogP contribution in [0.1, 0.15) is 18.5 Å². The van der Waals surface area contributed by atoms with Crippen molar-refractivity contribution in [2.75, 3.05) is 18.6 Å². The Bertz CT molecular complexity index is 713. The lowest BCUT2D eigenvalue weighted by molar-refractivity contribution is 0.564. The smallest absolute Gasteiger partial charge is 0.149 e. The van der Waals surface area contributed by atoms with Gasteiger partial charge in [-0.3, -0.25) is 0 Å². The van der Waals surface area contributed by atoms with E-state index in [1.807, 2.05) is 19.1 Å². The summed E-state index contributed by atoms with van der Waals surface area (Å²) in [6.07, 6.45) is 1.21. The van der Waals surface area contributed by atoms with Crippen molar-refractivity contribution in [3.05, 3.63) is 47.8 Å². The van der Waals surface area contributed by atoms with Gasteiger partial charge >= 0.3 is 0 Å². The fourth-order valence-electron chi connectivity index (χ4n) is 2.40. The Hall–Kier alpha value is -1.46. The van der Waals surface area contributed by atoms with Gasteiger partial charge in [0.25, 0.3) is 0 Å². The van der Waals surface area contributed by atoms with Crippen LogP contribution in [0.5, 0.6) is 0 Å². The van der Waals surface area contributed by atoms with Gasteiger partial charge in [-0.05, 0) is 23.6 Å².